The number of benzene rings is 2. The summed E-state index contributed by atoms with van der Waals surface area (Å²) in [5.41, 5.74) is 1.44. The van der Waals surface area contributed by atoms with Gasteiger partial charge in [0.15, 0.2) is 0 Å². The van der Waals surface area contributed by atoms with Crippen molar-refractivity contribution in [2.45, 2.75) is 6.61 Å². The minimum Gasteiger partial charge on any atom is -0.487 e. The van der Waals surface area contributed by atoms with Crippen molar-refractivity contribution < 1.29 is 9.13 Å². The quantitative estimate of drug-likeness (QED) is 0.686. The monoisotopic (exact) mass is 306 g/mol. The van der Waals surface area contributed by atoms with Gasteiger partial charge in [-0.1, -0.05) is 23.7 Å². The average Bonchev–Trinajstić information content (AvgIpc) is 2.45. The zero-order chi connectivity index (χ0) is 15.4. The van der Waals surface area contributed by atoms with E-state index in [2.05, 4.69) is 0 Å². The second kappa shape index (κ2) is 6.59. The molecule has 0 atom stereocenters. The normalized spacial score (nSPS) is 10.3. The number of nitrogens with zero attached hydrogens (tertiary/aromatic N) is 1. The molecule has 2 rings (SSSR count). The van der Waals surface area contributed by atoms with Gasteiger partial charge in [-0.15, -0.1) is 0 Å². The molecule has 0 aliphatic carbocycles. The van der Waals surface area contributed by atoms with E-state index >= 15 is 0 Å². The zero-order valence-electron chi connectivity index (χ0n) is 11.9. The van der Waals surface area contributed by atoms with Crippen molar-refractivity contribution in [3.63, 3.8) is 0 Å². The van der Waals surface area contributed by atoms with Gasteiger partial charge < -0.3 is 9.64 Å². The molecule has 3 nitrogen and oxygen atoms in total. The van der Waals surface area contributed by atoms with Crippen LogP contribution < -0.4 is 4.74 Å². The fraction of sp³-hybridized carbons (Fsp3) is 0.188. The van der Waals surface area contributed by atoms with E-state index in [0.29, 0.717) is 22.2 Å². The van der Waals surface area contributed by atoms with Gasteiger partial charge in [-0.05, 0) is 35.9 Å². The lowest BCUT2D eigenvalue weighted by Crippen LogP contribution is -2.21. The SMILES string of the molecule is CN(C)C(=N)c1ccc(OCc2cccc(F)c2)c(Cl)c1. The van der Waals surface area contributed by atoms with Crippen molar-refractivity contribution in [1.29, 1.82) is 5.41 Å². The number of halogens is 2. The molecule has 1 N–H and O–H groups in total. The minimum absolute atomic E-state index is 0.238. The van der Waals surface area contributed by atoms with Crippen LogP contribution >= 0.6 is 11.6 Å². The van der Waals surface area contributed by atoms with Crippen molar-refractivity contribution in [1.82, 2.24) is 4.90 Å². The first-order chi connectivity index (χ1) is 9.97. The number of ether oxygens (including phenoxy) is 1. The van der Waals surface area contributed by atoms with Crippen molar-refractivity contribution >= 4 is 17.4 Å². The van der Waals surface area contributed by atoms with Gasteiger partial charge in [0.1, 0.15) is 24.0 Å². The van der Waals surface area contributed by atoms with Crippen LogP contribution in [0.5, 0.6) is 5.75 Å². The first-order valence-electron chi connectivity index (χ1n) is 6.40. The lowest BCUT2D eigenvalue weighted by atomic mass is 10.2. The van der Waals surface area contributed by atoms with Crippen molar-refractivity contribution in [3.8, 4) is 5.75 Å². The third-order valence-electron chi connectivity index (χ3n) is 2.94. The van der Waals surface area contributed by atoms with Crippen LogP contribution in [0.15, 0.2) is 42.5 Å². The third-order valence-corrected chi connectivity index (χ3v) is 3.23. The highest BCUT2D eigenvalue weighted by Gasteiger charge is 2.08. The Labute approximate surface area is 128 Å². The Morgan fingerprint density at radius 2 is 2.00 bits per heavy atom. The maximum Gasteiger partial charge on any atom is 0.138 e. The lowest BCUT2D eigenvalue weighted by Gasteiger charge is -2.15. The Kier molecular flexibility index (Phi) is 4.81. The minimum atomic E-state index is -0.294. The molecular weight excluding hydrogens is 291 g/mol. The molecule has 0 aliphatic heterocycles. The summed E-state index contributed by atoms with van der Waals surface area (Å²) < 4.78 is 18.7. The van der Waals surface area contributed by atoms with Crippen molar-refractivity contribution in [2.75, 3.05) is 14.1 Å². The van der Waals surface area contributed by atoms with Gasteiger partial charge >= 0.3 is 0 Å². The highest BCUT2D eigenvalue weighted by atomic mass is 35.5. The van der Waals surface area contributed by atoms with Gasteiger partial charge in [-0.25, -0.2) is 4.39 Å². The number of hydrogen-bond donors (Lipinski definition) is 1. The van der Waals surface area contributed by atoms with Crippen LogP contribution in [-0.4, -0.2) is 24.8 Å². The summed E-state index contributed by atoms with van der Waals surface area (Å²) in [7, 11) is 3.59. The van der Waals surface area contributed by atoms with Crippen LogP contribution in [0, 0.1) is 11.2 Å². The molecule has 2 aromatic carbocycles. The number of nitrogens with one attached hydrogen (secondary N) is 1. The highest BCUT2D eigenvalue weighted by Crippen LogP contribution is 2.26. The largest absolute Gasteiger partial charge is 0.487 e. The molecule has 0 saturated carbocycles. The maximum absolute atomic E-state index is 13.1. The Balaban J connectivity index is 2.09. The maximum atomic E-state index is 13.1. The molecule has 2 aromatic rings. The predicted octanol–water partition coefficient (Wildman–Crippen LogP) is 3.95. The Hall–Kier alpha value is -2.07. The summed E-state index contributed by atoms with van der Waals surface area (Å²) in [6.45, 7) is 0.238. The highest BCUT2D eigenvalue weighted by molar-refractivity contribution is 6.32. The summed E-state index contributed by atoms with van der Waals surface area (Å²) >= 11 is 6.16. The van der Waals surface area contributed by atoms with Crippen LogP contribution in [0.1, 0.15) is 11.1 Å². The Morgan fingerprint density at radius 1 is 1.24 bits per heavy atom. The van der Waals surface area contributed by atoms with Gasteiger partial charge in [-0.2, -0.15) is 0 Å². The van der Waals surface area contributed by atoms with E-state index in [-0.39, 0.29) is 12.4 Å². The molecule has 5 heteroatoms. The van der Waals surface area contributed by atoms with E-state index in [0.717, 1.165) is 5.56 Å². The summed E-state index contributed by atoms with van der Waals surface area (Å²) in [4.78, 5) is 1.69. The molecule has 0 radical (unpaired) electrons. The number of hydrogen-bond acceptors (Lipinski definition) is 2. The van der Waals surface area contributed by atoms with Crippen molar-refractivity contribution in [2.24, 2.45) is 0 Å². The van der Waals surface area contributed by atoms with Crippen LogP contribution in [0.3, 0.4) is 0 Å². The van der Waals surface area contributed by atoms with E-state index in [1.54, 1.807) is 49.3 Å². The van der Waals surface area contributed by atoms with E-state index in [4.69, 9.17) is 21.7 Å². The molecule has 0 aliphatic rings. The zero-order valence-corrected chi connectivity index (χ0v) is 12.6. The fourth-order valence-electron chi connectivity index (χ4n) is 1.81. The molecule has 110 valence electrons. The van der Waals surface area contributed by atoms with Crippen LogP contribution in [0.4, 0.5) is 4.39 Å². The van der Waals surface area contributed by atoms with E-state index in [9.17, 15) is 4.39 Å². The molecule has 0 heterocycles. The molecule has 0 bridgehead atoms. The molecular formula is C16H16ClFN2O. The summed E-state index contributed by atoms with van der Waals surface area (Å²) in [6.07, 6.45) is 0. The number of rotatable bonds is 4. The average molecular weight is 307 g/mol. The van der Waals surface area contributed by atoms with Gasteiger partial charge in [0.05, 0.1) is 5.02 Å². The van der Waals surface area contributed by atoms with Gasteiger partial charge in [-0.3, -0.25) is 5.41 Å². The van der Waals surface area contributed by atoms with Crippen molar-refractivity contribution in [3.05, 3.63) is 64.4 Å². The smallest absolute Gasteiger partial charge is 0.138 e. The first-order valence-corrected chi connectivity index (χ1v) is 6.78. The summed E-state index contributed by atoms with van der Waals surface area (Å²) in [5, 5.41) is 8.32. The van der Waals surface area contributed by atoms with Gasteiger partial charge in [0.25, 0.3) is 0 Å². The van der Waals surface area contributed by atoms with Gasteiger partial charge in [0, 0.05) is 19.7 Å². The first kappa shape index (κ1) is 15.3. The molecule has 0 amide bonds. The van der Waals surface area contributed by atoms with Crippen LogP contribution in [-0.2, 0) is 6.61 Å². The predicted molar refractivity (Wildman–Crippen MR) is 82.7 cm³/mol. The summed E-state index contributed by atoms with van der Waals surface area (Å²) in [5.74, 6) is 0.585. The topological polar surface area (TPSA) is 36.3 Å². The molecule has 0 fully saturated rings. The Morgan fingerprint density at radius 3 is 2.62 bits per heavy atom. The van der Waals surface area contributed by atoms with Crippen LogP contribution in [0.2, 0.25) is 5.02 Å². The molecule has 0 spiro atoms. The lowest BCUT2D eigenvalue weighted by molar-refractivity contribution is 0.306. The second-order valence-corrected chi connectivity index (χ2v) is 5.21. The van der Waals surface area contributed by atoms with Gasteiger partial charge in [0.2, 0.25) is 0 Å². The van der Waals surface area contributed by atoms with Crippen LogP contribution in [0.25, 0.3) is 0 Å². The van der Waals surface area contributed by atoms with E-state index in [1.807, 2.05) is 0 Å². The molecule has 0 unspecified atom stereocenters. The van der Waals surface area contributed by atoms with E-state index < -0.39 is 0 Å². The number of amidine groups is 1. The molecule has 0 saturated heterocycles. The third kappa shape index (κ3) is 3.95. The Bertz CT molecular complexity index is 658. The second-order valence-electron chi connectivity index (χ2n) is 4.81. The standard InChI is InChI=1S/C16H16ClFN2O/c1-20(2)16(19)12-6-7-15(14(17)9-12)21-10-11-4-3-5-13(18)8-11/h3-9,19H,10H2,1-2H3. The summed E-state index contributed by atoms with van der Waals surface area (Å²) in [6, 6.07) is 11.4. The fourth-order valence-corrected chi connectivity index (χ4v) is 2.05. The molecule has 0 aromatic heterocycles. The molecule has 21 heavy (non-hydrogen) atoms. The van der Waals surface area contributed by atoms with E-state index in [1.165, 1.54) is 12.1 Å².